The van der Waals surface area contributed by atoms with Gasteiger partial charge in [-0.05, 0) is 43.3 Å². The van der Waals surface area contributed by atoms with Crippen LogP contribution in [-0.2, 0) is 0 Å². The van der Waals surface area contributed by atoms with E-state index >= 15 is 0 Å². The van der Waals surface area contributed by atoms with Crippen LogP contribution in [0.1, 0.15) is 12.5 Å². The van der Waals surface area contributed by atoms with E-state index in [1.807, 2.05) is 6.92 Å². The molecule has 7 nitrogen and oxygen atoms in total. The van der Waals surface area contributed by atoms with Crippen LogP contribution in [0.5, 0.6) is 11.6 Å². The maximum Gasteiger partial charge on any atom is 0.335 e. The Balaban J connectivity index is 2.00. The van der Waals surface area contributed by atoms with Gasteiger partial charge in [-0.3, -0.25) is 14.8 Å². The molecule has 0 saturated heterocycles. The third-order valence-electron chi connectivity index (χ3n) is 3.63. The second kappa shape index (κ2) is 7.52. The molecule has 1 aromatic heterocycles. The summed E-state index contributed by atoms with van der Waals surface area (Å²) in [6.45, 7) is 2.45. The van der Waals surface area contributed by atoms with Crippen LogP contribution in [0.3, 0.4) is 0 Å². The van der Waals surface area contributed by atoms with E-state index in [1.54, 1.807) is 54.6 Å². The van der Waals surface area contributed by atoms with Crippen LogP contribution in [-0.4, -0.2) is 27.5 Å². The van der Waals surface area contributed by atoms with E-state index in [4.69, 9.17) is 4.74 Å². The van der Waals surface area contributed by atoms with Crippen molar-refractivity contribution < 1.29 is 9.84 Å². The standard InChI is InChI=1S/C19H17N3O4/c1-2-26-15-10-8-13(9-11-15)20-12-16-17(23)21-19(25)22(18(16)24)14-6-4-3-5-7-14/h3-12,24H,2H2,1H3,(H,21,23,25). The highest BCUT2D eigenvalue weighted by molar-refractivity contribution is 5.84. The van der Waals surface area contributed by atoms with Gasteiger partial charge in [-0.25, -0.2) is 9.36 Å². The van der Waals surface area contributed by atoms with E-state index in [2.05, 4.69) is 9.98 Å². The van der Waals surface area contributed by atoms with Crippen LogP contribution in [0.15, 0.2) is 69.2 Å². The fraction of sp³-hybridized carbons (Fsp3) is 0.105. The molecule has 132 valence electrons. The number of rotatable bonds is 5. The highest BCUT2D eigenvalue weighted by Crippen LogP contribution is 2.19. The van der Waals surface area contributed by atoms with Gasteiger partial charge in [0.2, 0.25) is 5.88 Å². The Morgan fingerprint density at radius 3 is 2.46 bits per heavy atom. The normalized spacial score (nSPS) is 11.0. The number of para-hydroxylation sites is 1. The van der Waals surface area contributed by atoms with Gasteiger partial charge in [0.15, 0.2) is 0 Å². The Labute approximate surface area is 148 Å². The Kier molecular flexibility index (Phi) is 4.98. The number of nitrogens with one attached hydrogen (secondary N) is 1. The van der Waals surface area contributed by atoms with Gasteiger partial charge in [-0.15, -0.1) is 0 Å². The van der Waals surface area contributed by atoms with Gasteiger partial charge in [0.25, 0.3) is 5.56 Å². The molecule has 26 heavy (non-hydrogen) atoms. The largest absolute Gasteiger partial charge is 0.494 e. The summed E-state index contributed by atoms with van der Waals surface area (Å²) in [5, 5.41) is 10.4. The smallest absolute Gasteiger partial charge is 0.335 e. The zero-order valence-electron chi connectivity index (χ0n) is 14.0. The Hall–Kier alpha value is -3.61. The molecule has 0 aliphatic rings. The molecule has 0 amide bonds. The molecule has 0 bridgehead atoms. The fourth-order valence-electron chi connectivity index (χ4n) is 2.41. The van der Waals surface area contributed by atoms with Gasteiger partial charge in [0.1, 0.15) is 11.3 Å². The summed E-state index contributed by atoms with van der Waals surface area (Å²) in [4.78, 5) is 30.5. The minimum absolute atomic E-state index is 0.109. The van der Waals surface area contributed by atoms with Gasteiger partial charge in [-0.1, -0.05) is 18.2 Å². The van der Waals surface area contributed by atoms with E-state index in [1.165, 1.54) is 6.21 Å². The lowest BCUT2D eigenvalue weighted by Gasteiger charge is -2.09. The van der Waals surface area contributed by atoms with Crippen molar-refractivity contribution >= 4 is 11.9 Å². The molecular weight excluding hydrogens is 334 g/mol. The van der Waals surface area contributed by atoms with Crippen molar-refractivity contribution in [3.8, 4) is 17.3 Å². The summed E-state index contributed by atoms with van der Waals surface area (Å²) in [6, 6.07) is 15.5. The van der Waals surface area contributed by atoms with Crippen molar-refractivity contribution in [3.05, 3.63) is 81.0 Å². The molecule has 0 atom stereocenters. The summed E-state index contributed by atoms with van der Waals surface area (Å²) in [5.41, 5.74) is -0.541. The summed E-state index contributed by atoms with van der Waals surface area (Å²) >= 11 is 0. The first-order chi connectivity index (χ1) is 12.6. The number of ether oxygens (including phenoxy) is 1. The molecule has 0 aliphatic carbocycles. The Bertz CT molecular complexity index is 1040. The van der Waals surface area contributed by atoms with Crippen LogP contribution < -0.4 is 16.0 Å². The number of nitrogens with zero attached hydrogens (tertiary/aromatic N) is 2. The van der Waals surface area contributed by atoms with Crippen molar-refractivity contribution in [2.75, 3.05) is 6.61 Å². The highest BCUT2D eigenvalue weighted by Gasteiger charge is 2.13. The minimum atomic E-state index is -0.725. The molecule has 2 N–H and O–H groups in total. The monoisotopic (exact) mass is 351 g/mol. The summed E-state index contributed by atoms with van der Waals surface area (Å²) < 4.78 is 6.37. The molecule has 3 aromatic rings. The van der Waals surface area contributed by atoms with E-state index in [9.17, 15) is 14.7 Å². The van der Waals surface area contributed by atoms with Gasteiger partial charge in [-0.2, -0.15) is 0 Å². The van der Waals surface area contributed by atoms with E-state index < -0.39 is 17.1 Å². The number of aromatic nitrogens is 2. The average Bonchev–Trinajstić information content (AvgIpc) is 2.64. The zero-order valence-corrected chi connectivity index (χ0v) is 14.0. The molecular formula is C19H17N3O4. The lowest BCUT2D eigenvalue weighted by atomic mass is 10.2. The third-order valence-corrected chi connectivity index (χ3v) is 3.63. The second-order valence-electron chi connectivity index (χ2n) is 5.35. The number of H-pyrrole nitrogens is 1. The van der Waals surface area contributed by atoms with Gasteiger partial charge >= 0.3 is 5.69 Å². The van der Waals surface area contributed by atoms with Crippen LogP contribution in [0, 0.1) is 0 Å². The molecule has 0 radical (unpaired) electrons. The third kappa shape index (κ3) is 3.56. The first kappa shape index (κ1) is 17.2. The minimum Gasteiger partial charge on any atom is -0.494 e. The number of benzene rings is 2. The summed E-state index contributed by atoms with van der Waals surface area (Å²) in [7, 11) is 0. The van der Waals surface area contributed by atoms with E-state index in [0.29, 0.717) is 23.7 Å². The van der Waals surface area contributed by atoms with E-state index in [0.717, 1.165) is 4.57 Å². The SMILES string of the molecule is CCOc1ccc(N=Cc2c(O)n(-c3ccccc3)c(=O)[nH]c2=O)cc1. The first-order valence-corrected chi connectivity index (χ1v) is 8.01. The van der Waals surface area contributed by atoms with Crippen LogP contribution in [0.25, 0.3) is 5.69 Å². The first-order valence-electron chi connectivity index (χ1n) is 8.01. The summed E-state index contributed by atoms with van der Waals surface area (Å²) in [5.74, 6) is 0.240. The van der Waals surface area contributed by atoms with Crippen molar-refractivity contribution in [1.82, 2.24) is 9.55 Å². The number of aliphatic imine (C=N–C) groups is 1. The van der Waals surface area contributed by atoms with E-state index in [-0.39, 0.29) is 5.56 Å². The topological polar surface area (TPSA) is 96.7 Å². The molecule has 2 aromatic carbocycles. The number of hydrogen-bond acceptors (Lipinski definition) is 5. The number of aromatic hydroxyl groups is 1. The maximum atomic E-state index is 12.1. The average molecular weight is 351 g/mol. The lowest BCUT2D eigenvalue weighted by Crippen LogP contribution is -2.31. The quantitative estimate of drug-likeness (QED) is 0.690. The van der Waals surface area contributed by atoms with Gasteiger partial charge < -0.3 is 9.84 Å². The lowest BCUT2D eigenvalue weighted by molar-refractivity contribution is 0.340. The highest BCUT2D eigenvalue weighted by atomic mass is 16.5. The van der Waals surface area contributed by atoms with Crippen LogP contribution >= 0.6 is 0 Å². The molecule has 3 rings (SSSR count). The molecule has 0 unspecified atom stereocenters. The molecule has 0 spiro atoms. The predicted molar refractivity (Wildman–Crippen MR) is 99.2 cm³/mol. The molecule has 1 heterocycles. The second-order valence-corrected chi connectivity index (χ2v) is 5.35. The van der Waals surface area contributed by atoms with Crippen molar-refractivity contribution in [2.45, 2.75) is 6.92 Å². The van der Waals surface area contributed by atoms with Gasteiger partial charge in [0.05, 0.1) is 18.0 Å². The van der Waals surface area contributed by atoms with Crippen LogP contribution in [0.4, 0.5) is 5.69 Å². The predicted octanol–water partition coefficient (Wildman–Crippen LogP) is 2.38. The molecule has 0 saturated carbocycles. The van der Waals surface area contributed by atoms with Crippen LogP contribution in [0.2, 0.25) is 0 Å². The number of aromatic amines is 1. The Morgan fingerprint density at radius 1 is 1.12 bits per heavy atom. The molecule has 0 fully saturated rings. The molecule has 0 aliphatic heterocycles. The van der Waals surface area contributed by atoms with Crippen molar-refractivity contribution in [2.24, 2.45) is 4.99 Å². The maximum absolute atomic E-state index is 12.1. The van der Waals surface area contributed by atoms with Crippen molar-refractivity contribution in [3.63, 3.8) is 0 Å². The van der Waals surface area contributed by atoms with Gasteiger partial charge in [0, 0.05) is 6.21 Å². The Morgan fingerprint density at radius 2 is 1.81 bits per heavy atom. The zero-order chi connectivity index (χ0) is 18.5. The summed E-state index contributed by atoms with van der Waals surface area (Å²) in [6.07, 6.45) is 1.22. The number of hydrogen-bond donors (Lipinski definition) is 2. The molecule has 7 heteroatoms. The fourth-order valence-corrected chi connectivity index (χ4v) is 2.41. The van der Waals surface area contributed by atoms with Crippen molar-refractivity contribution in [1.29, 1.82) is 0 Å².